The molecule has 1 aromatic carbocycles. The fourth-order valence-electron chi connectivity index (χ4n) is 7.07. The van der Waals surface area contributed by atoms with E-state index in [1.807, 2.05) is 45.3 Å². The van der Waals surface area contributed by atoms with E-state index in [0.29, 0.717) is 0 Å². The first-order chi connectivity index (χ1) is 23.6. The molecule has 0 aliphatic carbocycles. The zero-order chi connectivity index (χ0) is 33.6. The second kappa shape index (κ2) is 21.1. The molecule has 4 heterocycles. The molecule has 0 radical (unpaired) electrons. The molecule has 0 spiro atoms. The van der Waals surface area contributed by atoms with Gasteiger partial charge in [0.05, 0.1) is 7.57 Å². The Balaban J connectivity index is 1.22. The molecule has 0 N–H and O–H groups in total. The van der Waals surface area contributed by atoms with Gasteiger partial charge in [-0.15, -0.1) is 45.3 Å². The minimum absolute atomic E-state index is 1.21. The molecule has 5 rings (SSSR count). The van der Waals surface area contributed by atoms with Crippen LogP contribution >= 0.6 is 77.2 Å². The fraction of sp³-hybridized carbons (Fsp3) is 0.571. The van der Waals surface area contributed by atoms with Crippen LogP contribution in [0.5, 0.6) is 0 Å². The number of rotatable bonds is 24. The van der Waals surface area contributed by atoms with E-state index in [2.05, 4.69) is 82.1 Å². The summed E-state index contributed by atoms with van der Waals surface area (Å²) in [6.07, 6.45) is 30.3. The fourth-order valence-corrected chi connectivity index (χ4v) is 12.8. The molecule has 262 valence electrons. The van der Waals surface area contributed by atoms with Crippen LogP contribution in [-0.4, -0.2) is 0 Å². The lowest BCUT2D eigenvalue weighted by atomic mass is 10.0. The minimum Gasteiger partial charge on any atom is -0.140 e. The van der Waals surface area contributed by atoms with Crippen molar-refractivity contribution in [2.45, 2.75) is 155 Å². The summed E-state index contributed by atoms with van der Waals surface area (Å²) in [7, 11) is 0. The van der Waals surface area contributed by atoms with E-state index >= 15 is 0 Å². The van der Waals surface area contributed by atoms with E-state index in [1.165, 1.54) is 200 Å². The molecule has 0 unspecified atom stereocenters. The molecule has 48 heavy (non-hydrogen) atoms. The number of hydrogen-bond donors (Lipinski definition) is 0. The normalized spacial score (nSPS) is 11.9. The van der Waals surface area contributed by atoms with E-state index in [-0.39, 0.29) is 0 Å². The Morgan fingerprint density at radius 3 is 1.10 bits per heavy atom. The van der Waals surface area contributed by atoms with Crippen LogP contribution in [-0.2, 0) is 12.8 Å². The van der Waals surface area contributed by atoms with Gasteiger partial charge in [-0.05, 0) is 93.9 Å². The van der Waals surface area contributed by atoms with Crippen molar-refractivity contribution >= 4 is 97.4 Å². The van der Waals surface area contributed by atoms with Gasteiger partial charge in [0.25, 0.3) is 0 Å². The van der Waals surface area contributed by atoms with Crippen molar-refractivity contribution in [1.29, 1.82) is 0 Å². The van der Waals surface area contributed by atoms with Crippen LogP contribution in [0, 0.1) is 0 Å². The summed E-state index contributed by atoms with van der Waals surface area (Å²) < 4.78 is 5.29. The second-order valence-corrected chi connectivity index (χ2v) is 20.9. The van der Waals surface area contributed by atoms with Gasteiger partial charge in [0.2, 0.25) is 0 Å². The zero-order valence-electron chi connectivity index (χ0n) is 29.4. The largest absolute Gasteiger partial charge is 0.140 e. The monoisotopic (exact) mass is 846 g/mol. The predicted molar refractivity (Wildman–Crippen MR) is 230 cm³/mol. The second-order valence-electron chi connectivity index (χ2n) is 13.7. The molecule has 0 saturated heterocycles. The summed E-state index contributed by atoms with van der Waals surface area (Å²) >= 11 is 15.6. The number of fused-ring (bicyclic) bond motifs is 2. The average molecular weight is 849 g/mol. The molecule has 0 saturated carbocycles. The predicted octanol–water partition coefficient (Wildman–Crippen LogP) is 18.0. The lowest BCUT2D eigenvalue weighted by Crippen LogP contribution is -1.84. The van der Waals surface area contributed by atoms with Gasteiger partial charge in [-0.25, -0.2) is 0 Å². The van der Waals surface area contributed by atoms with Crippen molar-refractivity contribution in [3.8, 4) is 20.9 Å². The molecule has 5 aromatic rings. The average Bonchev–Trinajstić information content (AvgIpc) is 3.89. The summed E-state index contributed by atoms with van der Waals surface area (Å²) in [6, 6.07) is 14.4. The number of hydrogen-bond acceptors (Lipinski definition) is 4. The van der Waals surface area contributed by atoms with Crippen LogP contribution in [0.25, 0.3) is 41.1 Å². The molecular formula is C42H56Br2S4. The highest BCUT2D eigenvalue weighted by Crippen LogP contribution is 2.53. The molecule has 0 aliphatic heterocycles. The van der Waals surface area contributed by atoms with Crippen LogP contribution < -0.4 is 0 Å². The van der Waals surface area contributed by atoms with Gasteiger partial charge in [-0.2, -0.15) is 0 Å². The third kappa shape index (κ3) is 11.2. The van der Waals surface area contributed by atoms with Crippen molar-refractivity contribution in [3.05, 3.63) is 53.7 Å². The summed E-state index contributed by atoms with van der Waals surface area (Å²) in [5.41, 5.74) is 2.87. The molecule has 0 amide bonds. The Morgan fingerprint density at radius 1 is 0.417 bits per heavy atom. The van der Waals surface area contributed by atoms with Gasteiger partial charge >= 0.3 is 0 Å². The van der Waals surface area contributed by atoms with E-state index < -0.39 is 0 Å². The van der Waals surface area contributed by atoms with Gasteiger partial charge in [0.15, 0.2) is 0 Å². The number of unbranched alkanes of at least 4 members (excludes halogenated alkanes) is 18. The quantitative estimate of drug-likeness (QED) is 0.0543. The zero-order valence-corrected chi connectivity index (χ0v) is 35.8. The van der Waals surface area contributed by atoms with Gasteiger partial charge in [-0.3, -0.25) is 0 Å². The number of aryl methyl sites for hydroxylation is 2. The first-order valence-electron chi connectivity index (χ1n) is 19.1. The Hall–Kier alpha value is -0.500. The third-order valence-electron chi connectivity index (χ3n) is 9.77. The van der Waals surface area contributed by atoms with Gasteiger partial charge in [-0.1, -0.05) is 129 Å². The van der Waals surface area contributed by atoms with Crippen LogP contribution in [0.2, 0.25) is 0 Å². The molecule has 0 atom stereocenters. The standard InChI is InChI=1S/C42H56Br2S4/c1-3-5-7-9-11-13-15-17-19-21-23-31-25-27-35(45-31)39-33-29-37(43)48-42(33)40(34-30-38(44)47-41(34)39)36-28-26-32(46-36)24-22-20-18-16-14-12-10-8-6-4-2/h25-30H,3-24H2,1-2H3. The van der Waals surface area contributed by atoms with Gasteiger partial charge in [0, 0.05) is 50.8 Å². The van der Waals surface area contributed by atoms with Crippen molar-refractivity contribution in [2.24, 2.45) is 0 Å². The summed E-state index contributed by atoms with van der Waals surface area (Å²) in [5.74, 6) is 0. The molecule has 4 aromatic heterocycles. The molecule has 0 nitrogen and oxygen atoms in total. The first-order valence-corrected chi connectivity index (χ1v) is 24.0. The highest BCUT2D eigenvalue weighted by Gasteiger charge is 2.22. The smallest absolute Gasteiger partial charge is 0.0711 e. The van der Waals surface area contributed by atoms with Crippen molar-refractivity contribution in [2.75, 3.05) is 0 Å². The molecule has 6 heteroatoms. The van der Waals surface area contributed by atoms with E-state index in [0.717, 1.165) is 0 Å². The van der Waals surface area contributed by atoms with E-state index in [9.17, 15) is 0 Å². The highest BCUT2D eigenvalue weighted by molar-refractivity contribution is 9.11. The number of thiophene rings is 4. The number of halogens is 2. The molecule has 0 fully saturated rings. The van der Waals surface area contributed by atoms with Crippen molar-refractivity contribution in [1.82, 2.24) is 0 Å². The minimum atomic E-state index is 1.21. The highest BCUT2D eigenvalue weighted by atomic mass is 79.9. The van der Waals surface area contributed by atoms with Crippen LogP contribution in [0.4, 0.5) is 0 Å². The van der Waals surface area contributed by atoms with E-state index in [4.69, 9.17) is 0 Å². The van der Waals surface area contributed by atoms with Crippen LogP contribution in [0.15, 0.2) is 44.0 Å². The van der Waals surface area contributed by atoms with Crippen LogP contribution in [0.3, 0.4) is 0 Å². The maximum absolute atomic E-state index is 3.89. The maximum atomic E-state index is 3.89. The lowest BCUT2D eigenvalue weighted by molar-refractivity contribution is 0.557. The molecule has 0 bridgehead atoms. The maximum Gasteiger partial charge on any atom is 0.0711 e. The Labute approximate surface area is 324 Å². The lowest BCUT2D eigenvalue weighted by Gasteiger charge is -2.09. The van der Waals surface area contributed by atoms with Gasteiger partial charge < -0.3 is 0 Å². The third-order valence-corrected chi connectivity index (χ3v) is 15.4. The van der Waals surface area contributed by atoms with Crippen LogP contribution in [0.1, 0.15) is 152 Å². The summed E-state index contributed by atoms with van der Waals surface area (Å²) in [6.45, 7) is 4.60. The Bertz CT molecular complexity index is 1480. The topological polar surface area (TPSA) is 0 Å². The van der Waals surface area contributed by atoms with Crippen molar-refractivity contribution < 1.29 is 0 Å². The molecule has 0 aliphatic rings. The SMILES string of the molecule is CCCCCCCCCCCCc1ccc(-c2c3cc(Br)sc3c(-c3ccc(CCCCCCCCCCCC)s3)c3cc(Br)sc23)s1. The number of benzene rings is 1. The Morgan fingerprint density at radius 2 is 0.750 bits per heavy atom. The Kier molecular flexibility index (Phi) is 17.0. The molecular weight excluding hydrogens is 793 g/mol. The van der Waals surface area contributed by atoms with Crippen molar-refractivity contribution in [3.63, 3.8) is 0 Å². The summed E-state index contributed by atoms with van der Waals surface area (Å²) in [5, 5.41) is 2.81. The van der Waals surface area contributed by atoms with Gasteiger partial charge in [0.1, 0.15) is 0 Å². The summed E-state index contributed by atoms with van der Waals surface area (Å²) in [4.78, 5) is 5.92. The first kappa shape index (κ1) is 38.7. The van der Waals surface area contributed by atoms with E-state index in [1.54, 1.807) is 0 Å².